The summed E-state index contributed by atoms with van der Waals surface area (Å²) in [6, 6.07) is 6.71. The molecule has 0 unspecified atom stereocenters. The lowest BCUT2D eigenvalue weighted by atomic mass is 10.0. The van der Waals surface area contributed by atoms with E-state index in [1.807, 2.05) is 0 Å². The second-order valence-corrected chi connectivity index (χ2v) is 5.45. The minimum absolute atomic E-state index is 0.813. The van der Waals surface area contributed by atoms with Gasteiger partial charge in [0, 0.05) is 0 Å². The van der Waals surface area contributed by atoms with Crippen LogP contribution in [0.5, 0.6) is 5.75 Å². The molecule has 0 aliphatic rings. The number of benzene rings is 1. The number of aryl methyl sites for hydroxylation is 2. The maximum atomic E-state index is 5.86. The van der Waals surface area contributed by atoms with Crippen LogP contribution in [0.15, 0.2) is 18.2 Å². The Hall–Kier alpha value is -1.02. The van der Waals surface area contributed by atoms with Crippen molar-refractivity contribution in [2.75, 3.05) is 27.2 Å². The summed E-state index contributed by atoms with van der Waals surface area (Å²) >= 11 is 0. The zero-order valence-corrected chi connectivity index (χ0v) is 13.0. The maximum Gasteiger partial charge on any atom is 0.122 e. The quantitative estimate of drug-likeness (QED) is 0.669. The van der Waals surface area contributed by atoms with Crippen LogP contribution in [0.25, 0.3) is 0 Å². The monoisotopic (exact) mass is 263 g/mol. The van der Waals surface area contributed by atoms with Crippen LogP contribution in [0, 0.1) is 0 Å². The van der Waals surface area contributed by atoms with Gasteiger partial charge in [-0.15, -0.1) is 0 Å². The first-order chi connectivity index (χ1) is 9.17. The molecule has 0 N–H and O–H groups in total. The summed E-state index contributed by atoms with van der Waals surface area (Å²) in [6.45, 7) is 6.32. The molecule has 0 amide bonds. The predicted molar refractivity (Wildman–Crippen MR) is 83.1 cm³/mol. The van der Waals surface area contributed by atoms with Gasteiger partial charge >= 0.3 is 0 Å². The molecule has 108 valence electrons. The maximum absolute atomic E-state index is 5.86. The lowest BCUT2D eigenvalue weighted by molar-refractivity contribution is 0.313. The molecule has 2 heteroatoms. The first-order valence-corrected chi connectivity index (χ1v) is 7.56. The zero-order chi connectivity index (χ0) is 14.1. The largest absolute Gasteiger partial charge is 0.493 e. The van der Waals surface area contributed by atoms with Gasteiger partial charge in [0.25, 0.3) is 0 Å². The highest BCUT2D eigenvalue weighted by molar-refractivity contribution is 5.37. The van der Waals surface area contributed by atoms with Gasteiger partial charge < -0.3 is 9.64 Å². The molecule has 0 bridgehead atoms. The molecule has 0 aromatic heterocycles. The molecule has 0 saturated carbocycles. The zero-order valence-electron chi connectivity index (χ0n) is 13.0. The molecular weight excluding hydrogens is 234 g/mol. The van der Waals surface area contributed by atoms with Crippen molar-refractivity contribution in [3.05, 3.63) is 29.3 Å². The van der Waals surface area contributed by atoms with Crippen LogP contribution in [0.4, 0.5) is 0 Å². The number of ether oxygens (including phenoxy) is 1. The van der Waals surface area contributed by atoms with E-state index in [0.29, 0.717) is 0 Å². The summed E-state index contributed by atoms with van der Waals surface area (Å²) in [7, 11) is 4.25. The molecule has 0 aliphatic carbocycles. The molecule has 0 fully saturated rings. The van der Waals surface area contributed by atoms with Crippen LogP contribution >= 0.6 is 0 Å². The number of hydrogen-bond donors (Lipinski definition) is 0. The highest BCUT2D eigenvalue weighted by Gasteiger charge is 2.05. The van der Waals surface area contributed by atoms with Crippen LogP contribution in [0.1, 0.15) is 44.2 Å². The van der Waals surface area contributed by atoms with E-state index in [9.17, 15) is 0 Å². The Kier molecular flexibility index (Phi) is 7.57. The summed E-state index contributed by atoms with van der Waals surface area (Å²) in [4.78, 5) is 2.24. The molecule has 2 nitrogen and oxygen atoms in total. The summed E-state index contributed by atoms with van der Waals surface area (Å²) in [5, 5.41) is 0. The van der Waals surface area contributed by atoms with Crippen molar-refractivity contribution in [3.8, 4) is 5.75 Å². The predicted octanol–water partition coefficient (Wildman–Crippen LogP) is 3.92. The standard InChI is InChI=1S/C17H29NO/c1-5-8-15-10-11-17(19-13-6-2)16(14-15)9-7-12-18(3)4/h10-11,14H,5-9,12-13H2,1-4H3. The van der Waals surface area contributed by atoms with Crippen LogP contribution in [0.2, 0.25) is 0 Å². The van der Waals surface area contributed by atoms with Gasteiger partial charge in [-0.05, 0) is 63.5 Å². The van der Waals surface area contributed by atoms with Crippen molar-refractivity contribution in [3.63, 3.8) is 0 Å². The van der Waals surface area contributed by atoms with E-state index in [1.54, 1.807) is 0 Å². The van der Waals surface area contributed by atoms with Crippen LogP contribution in [-0.4, -0.2) is 32.1 Å². The molecular formula is C17H29NO. The number of nitrogens with zero attached hydrogens (tertiary/aromatic N) is 1. The van der Waals surface area contributed by atoms with E-state index < -0.39 is 0 Å². The van der Waals surface area contributed by atoms with Crippen LogP contribution < -0.4 is 4.74 Å². The summed E-state index contributed by atoms with van der Waals surface area (Å²) < 4.78 is 5.86. The Bertz CT molecular complexity index is 360. The van der Waals surface area contributed by atoms with Gasteiger partial charge in [0.05, 0.1) is 6.61 Å². The molecule has 1 aromatic rings. The van der Waals surface area contributed by atoms with Crippen molar-refractivity contribution in [1.82, 2.24) is 4.90 Å². The van der Waals surface area contributed by atoms with Gasteiger partial charge in [0.1, 0.15) is 5.75 Å². The van der Waals surface area contributed by atoms with Crippen molar-refractivity contribution < 1.29 is 4.74 Å². The van der Waals surface area contributed by atoms with Gasteiger partial charge in [-0.25, -0.2) is 0 Å². The smallest absolute Gasteiger partial charge is 0.122 e. The summed E-state index contributed by atoms with van der Waals surface area (Å²) in [6.07, 6.45) is 5.72. The average Bonchev–Trinajstić information content (AvgIpc) is 2.38. The highest BCUT2D eigenvalue weighted by Crippen LogP contribution is 2.23. The third-order valence-corrected chi connectivity index (χ3v) is 3.18. The Labute approximate surface area is 118 Å². The summed E-state index contributed by atoms with van der Waals surface area (Å²) in [5.74, 6) is 1.08. The third kappa shape index (κ3) is 6.11. The second-order valence-electron chi connectivity index (χ2n) is 5.45. The first kappa shape index (κ1) is 16.0. The Morgan fingerprint density at radius 2 is 1.84 bits per heavy atom. The van der Waals surface area contributed by atoms with Crippen molar-refractivity contribution in [2.45, 2.75) is 46.0 Å². The SMILES string of the molecule is CCCOc1ccc(CCC)cc1CCCN(C)C. The van der Waals surface area contributed by atoms with Gasteiger partial charge in [-0.2, -0.15) is 0 Å². The molecule has 0 radical (unpaired) electrons. The highest BCUT2D eigenvalue weighted by atomic mass is 16.5. The lowest BCUT2D eigenvalue weighted by Crippen LogP contribution is -2.13. The molecule has 0 saturated heterocycles. The van der Waals surface area contributed by atoms with E-state index >= 15 is 0 Å². The molecule has 19 heavy (non-hydrogen) atoms. The van der Waals surface area contributed by atoms with Crippen molar-refractivity contribution >= 4 is 0 Å². The van der Waals surface area contributed by atoms with Gasteiger partial charge in [0.2, 0.25) is 0 Å². The lowest BCUT2D eigenvalue weighted by Gasteiger charge is -2.14. The van der Waals surface area contributed by atoms with E-state index in [-0.39, 0.29) is 0 Å². The topological polar surface area (TPSA) is 12.5 Å². The van der Waals surface area contributed by atoms with Crippen LogP contribution in [-0.2, 0) is 12.8 Å². The summed E-state index contributed by atoms with van der Waals surface area (Å²) in [5.41, 5.74) is 2.81. The third-order valence-electron chi connectivity index (χ3n) is 3.18. The van der Waals surface area contributed by atoms with Crippen molar-refractivity contribution in [2.24, 2.45) is 0 Å². The molecule has 1 rings (SSSR count). The fourth-order valence-corrected chi connectivity index (χ4v) is 2.21. The van der Waals surface area contributed by atoms with E-state index in [0.717, 1.165) is 38.2 Å². The van der Waals surface area contributed by atoms with Crippen LogP contribution in [0.3, 0.4) is 0 Å². The van der Waals surface area contributed by atoms with Gasteiger partial charge in [-0.3, -0.25) is 0 Å². The second kappa shape index (κ2) is 8.98. The van der Waals surface area contributed by atoms with E-state index in [4.69, 9.17) is 4.74 Å². The normalized spacial score (nSPS) is 11.0. The molecule has 0 heterocycles. The Morgan fingerprint density at radius 1 is 1.05 bits per heavy atom. The van der Waals surface area contributed by atoms with Gasteiger partial charge in [0.15, 0.2) is 0 Å². The fraction of sp³-hybridized carbons (Fsp3) is 0.647. The Morgan fingerprint density at radius 3 is 2.47 bits per heavy atom. The molecule has 0 atom stereocenters. The first-order valence-electron chi connectivity index (χ1n) is 7.56. The Balaban J connectivity index is 2.71. The minimum atomic E-state index is 0.813. The van der Waals surface area contributed by atoms with Gasteiger partial charge in [-0.1, -0.05) is 32.4 Å². The fourth-order valence-electron chi connectivity index (χ4n) is 2.21. The number of rotatable bonds is 9. The molecule has 0 aliphatic heterocycles. The van der Waals surface area contributed by atoms with E-state index in [2.05, 4.69) is 51.0 Å². The molecule has 0 spiro atoms. The molecule has 1 aromatic carbocycles. The average molecular weight is 263 g/mol. The van der Waals surface area contributed by atoms with Crippen molar-refractivity contribution in [1.29, 1.82) is 0 Å². The van der Waals surface area contributed by atoms with E-state index in [1.165, 1.54) is 24.0 Å². The number of hydrogen-bond acceptors (Lipinski definition) is 2. The minimum Gasteiger partial charge on any atom is -0.493 e.